The topological polar surface area (TPSA) is 35.1 Å². The zero-order chi connectivity index (χ0) is 8.10. The Morgan fingerprint density at radius 2 is 2.00 bits per heavy atom. The van der Waals surface area contributed by atoms with E-state index in [1.807, 2.05) is 30.3 Å². The molecule has 0 spiro atoms. The number of thiocarbonyl (C=S) groups is 1. The number of nitrogens with one attached hydrogen (secondary N) is 1. The van der Waals surface area contributed by atoms with Crippen molar-refractivity contribution >= 4 is 17.2 Å². The molecule has 1 N–H and O–H groups in total. The lowest BCUT2D eigenvalue weighted by Crippen LogP contribution is -2.15. The second kappa shape index (κ2) is 4.05. The van der Waals surface area contributed by atoms with Crippen molar-refractivity contribution in [3.63, 3.8) is 0 Å². The summed E-state index contributed by atoms with van der Waals surface area (Å²) in [6.45, 7) is 0. The van der Waals surface area contributed by atoms with Gasteiger partial charge < -0.3 is 10.7 Å². The molecular formula is C8H8NOS-. The van der Waals surface area contributed by atoms with Crippen LogP contribution >= 0.6 is 12.2 Å². The average molecular weight is 166 g/mol. The van der Waals surface area contributed by atoms with Gasteiger partial charge in [0.2, 0.25) is 0 Å². The molecule has 0 aromatic heterocycles. The van der Waals surface area contributed by atoms with Crippen LogP contribution in [0.1, 0.15) is 5.56 Å². The van der Waals surface area contributed by atoms with Gasteiger partial charge in [-0.1, -0.05) is 42.5 Å². The highest BCUT2D eigenvalue weighted by Crippen LogP contribution is 1.99. The third-order valence-electron chi connectivity index (χ3n) is 1.32. The van der Waals surface area contributed by atoms with Gasteiger partial charge in [0.05, 0.1) is 4.99 Å². The summed E-state index contributed by atoms with van der Waals surface area (Å²) >= 11 is 4.71. The predicted molar refractivity (Wildman–Crippen MR) is 49.2 cm³/mol. The lowest BCUT2D eigenvalue weighted by Gasteiger charge is -2.09. The van der Waals surface area contributed by atoms with Crippen molar-refractivity contribution in [2.45, 2.75) is 6.42 Å². The predicted octanol–water partition coefficient (Wildman–Crippen LogP) is 1.64. The average Bonchev–Trinajstić information content (AvgIpc) is 2.06. The van der Waals surface area contributed by atoms with Crippen molar-refractivity contribution in [2.75, 3.05) is 0 Å². The van der Waals surface area contributed by atoms with Crippen molar-refractivity contribution in [1.29, 1.82) is 0 Å². The standard InChI is InChI=1S/C8H8NOS/c10-9-8(11)6-7-4-2-1-3-5-7/h1-5H,6H2,(H-,9,10,11)/q-1. The second-order valence-electron chi connectivity index (χ2n) is 2.19. The van der Waals surface area contributed by atoms with Crippen LogP contribution in [0.15, 0.2) is 30.3 Å². The first kappa shape index (κ1) is 8.17. The maximum Gasteiger partial charge on any atom is 0.0691 e. The van der Waals surface area contributed by atoms with Gasteiger partial charge in [-0.25, -0.2) is 0 Å². The molecule has 0 heterocycles. The number of hydrogen-bond donors (Lipinski definition) is 1. The molecule has 0 aliphatic rings. The van der Waals surface area contributed by atoms with Gasteiger partial charge in [-0.2, -0.15) is 0 Å². The summed E-state index contributed by atoms with van der Waals surface area (Å²) in [7, 11) is 0. The largest absolute Gasteiger partial charge is 0.761 e. The summed E-state index contributed by atoms with van der Waals surface area (Å²) in [5.41, 5.74) is 2.75. The van der Waals surface area contributed by atoms with Gasteiger partial charge in [0.25, 0.3) is 0 Å². The molecule has 0 atom stereocenters. The fourth-order valence-electron chi connectivity index (χ4n) is 0.817. The summed E-state index contributed by atoms with van der Waals surface area (Å²) in [4.78, 5) is 0.330. The first-order valence-electron chi connectivity index (χ1n) is 3.28. The van der Waals surface area contributed by atoms with Crippen LogP contribution in [0.2, 0.25) is 0 Å². The van der Waals surface area contributed by atoms with Crippen LogP contribution in [0.5, 0.6) is 0 Å². The summed E-state index contributed by atoms with van der Waals surface area (Å²) < 4.78 is 0. The van der Waals surface area contributed by atoms with Crippen molar-refractivity contribution in [1.82, 2.24) is 5.48 Å². The molecule has 1 aromatic rings. The third-order valence-corrected chi connectivity index (χ3v) is 1.55. The van der Waals surface area contributed by atoms with Crippen molar-refractivity contribution in [3.05, 3.63) is 41.1 Å². The summed E-state index contributed by atoms with van der Waals surface area (Å²) in [6, 6.07) is 9.63. The van der Waals surface area contributed by atoms with E-state index in [9.17, 15) is 5.21 Å². The van der Waals surface area contributed by atoms with Crippen molar-refractivity contribution in [2.24, 2.45) is 0 Å². The molecule has 58 valence electrons. The second-order valence-corrected chi connectivity index (χ2v) is 2.68. The molecule has 2 nitrogen and oxygen atoms in total. The third kappa shape index (κ3) is 2.65. The van der Waals surface area contributed by atoms with Gasteiger partial charge in [0, 0.05) is 6.42 Å². The summed E-state index contributed by atoms with van der Waals surface area (Å²) in [6.07, 6.45) is 0.527. The highest BCUT2D eigenvalue weighted by molar-refractivity contribution is 7.80. The molecule has 3 heteroatoms. The minimum absolute atomic E-state index is 0.330. The van der Waals surface area contributed by atoms with Crippen LogP contribution in [0.4, 0.5) is 0 Å². The molecule has 0 radical (unpaired) electrons. The fraction of sp³-hybridized carbons (Fsp3) is 0.125. The Kier molecular flexibility index (Phi) is 3.01. The summed E-state index contributed by atoms with van der Waals surface area (Å²) in [5.74, 6) is 0. The Bertz CT molecular complexity index is 235. The highest BCUT2D eigenvalue weighted by Gasteiger charge is 1.92. The van der Waals surface area contributed by atoms with E-state index >= 15 is 0 Å². The Morgan fingerprint density at radius 1 is 1.36 bits per heavy atom. The van der Waals surface area contributed by atoms with Gasteiger partial charge in [0.15, 0.2) is 0 Å². The van der Waals surface area contributed by atoms with E-state index in [1.54, 1.807) is 5.48 Å². The number of hydrogen-bond acceptors (Lipinski definition) is 2. The number of rotatable bonds is 2. The van der Waals surface area contributed by atoms with E-state index in [0.29, 0.717) is 11.4 Å². The van der Waals surface area contributed by atoms with Crippen molar-refractivity contribution < 1.29 is 0 Å². The molecule has 0 saturated carbocycles. The zero-order valence-electron chi connectivity index (χ0n) is 5.91. The lowest BCUT2D eigenvalue weighted by atomic mass is 10.2. The van der Waals surface area contributed by atoms with Crippen LogP contribution in [-0.2, 0) is 6.42 Å². The van der Waals surface area contributed by atoms with Crippen LogP contribution in [-0.4, -0.2) is 4.99 Å². The molecule has 0 unspecified atom stereocenters. The smallest absolute Gasteiger partial charge is 0.0691 e. The maximum absolute atomic E-state index is 10.0. The number of hydroxylamine groups is 1. The highest BCUT2D eigenvalue weighted by atomic mass is 32.1. The molecule has 11 heavy (non-hydrogen) atoms. The summed E-state index contributed by atoms with van der Waals surface area (Å²) in [5, 5.41) is 10.0. The molecule has 1 rings (SSSR count). The van der Waals surface area contributed by atoms with Gasteiger partial charge in [0.1, 0.15) is 0 Å². The van der Waals surface area contributed by atoms with Gasteiger partial charge in [-0.3, -0.25) is 0 Å². The Balaban J connectivity index is 2.58. The van der Waals surface area contributed by atoms with E-state index in [1.165, 1.54) is 0 Å². The van der Waals surface area contributed by atoms with E-state index in [0.717, 1.165) is 5.56 Å². The Hall–Kier alpha value is -0.930. The van der Waals surface area contributed by atoms with Crippen molar-refractivity contribution in [3.8, 4) is 0 Å². The zero-order valence-corrected chi connectivity index (χ0v) is 6.73. The molecule has 0 aliphatic heterocycles. The molecule has 0 fully saturated rings. The molecule has 0 bridgehead atoms. The SMILES string of the molecule is [O-]NC(=S)Cc1ccccc1. The monoisotopic (exact) mass is 166 g/mol. The van der Waals surface area contributed by atoms with Crippen LogP contribution in [0.25, 0.3) is 0 Å². The van der Waals surface area contributed by atoms with Gasteiger partial charge in [-0.05, 0) is 5.56 Å². The van der Waals surface area contributed by atoms with E-state index in [4.69, 9.17) is 12.2 Å². The Morgan fingerprint density at radius 3 is 2.55 bits per heavy atom. The molecule has 0 amide bonds. The first-order valence-corrected chi connectivity index (χ1v) is 3.68. The lowest BCUT2D eigenvalue weighted by molar-refractivity contribution is 1.22. The maximum atomic E-state index is 10.0. The van der Waals surface area contributed by atoms with E-state index in [2.05, 4.69) is 0 Å². The molecule has 1 aromatic carbocycles. The Labute approximate surface area is 70.8 Å². The van der Waals surface area contributed by atoms with Gasteiger partial charge in [-0.15, -0.1) is 0 Å². The molecular weight excluding hydrogens is 158 g/mol. The van der Waals surface area contributed by atoms with Crippen LogP contribution in [0, 0.1) is 5.21 Å². The van der Waals surface area contributed by atoms with Crippen LogP contribution in [0.3, 0.4) is 0 Å². The van der Waals surface area contributed by atoms with E-state index < -0.39 is 0 Å². The first-order chi connectivity index (χ1) is 5.33. The van der Waals surface area contributed by atoms with E-state index in [-0.39, 0.29) is 0 Å². The van der Waals surface area contributed by atoms with Gasteiger partial charge >= 0.3 is 0 Å². The molecule has 0 saturated heterocycles. The minimum atomic E-state index is 0.330. The fourth-order valence-corrected chi connectivity index (χ4v) is 0.984. The quantitative estimate of drug-likeness (QED) is 0.536. The normalized spacial score (nSPS) is 9.18. The number of benzene rings is 1. The minimum Gasteiger partial charge on any atom is -0.761 e. The van der Waals surface area contributed by atoms with Crippen LogP contribution < -0.4 is 5.48 Å². The molecule has 0 aliphatic carbocycles.